The first-order valence-corrected chi connectivity index (χ1v) is 5.73. The van der Waals surface area contributed by atoms with E-state index in [1.807, 2.05) is 6.92 Å². The lowest BCUT2D eigenvalue weighted by Gasteiger charge is -2.17. The topological polar surface area (TPSA) is 72.6 Å². The molecule has 0 aliphatic rings. The van der Waals surface area contributed by atoms with Crippen molar-refractivity contribution in [3.05, 3.63) is 28.2 Å². The number of aliphatic hydroxyl groups is 1. The Hall–Kier alpha value is -1.07. The number of amides is 1. The van der Waals surface area contributed by atoms with E-state index < -0.39 is 12.0 Å². The van der Waals surface area contributed by atoms with Gasteiger partial charge in [0, 0.05) is 5.56 Å². The van der Waals surface area contributed by atoms with E-state index in [2.05, 4.69) is 15.9 Å². The minimum Gasteiger partial charge on any atom is -0.479 e. The number of rotatable bonds is 5. The van der Waals surface area contributed by atoms with Crippen LogP contribution >= 0.6 is 15.9 Å². The number of para-hydroxylation sites is 1. The highest BCUT2D eigenvalue weighted by molar-refractivity contribution is 9.10. The second kappa shape index (κ2) is 5.86. The van der Waals surface area contributed by atoms with Gasteiger partial charge in [0.05, 0.1) is 11.1 Å². The molecular weight excluding hydrogens is 274 g/mol. The number of halogens is 1. The molecule has 1 rings (SSSR count). The van der Waals surface area contributed by atoms with Crippen LogP contribution in [-0.2, 0) is 11.4 Å². The van der Waals surface area contributed by atoms with E-state index in [0.29, 0.717) is 22.2 Å². The Balaban J connectivity index is 2.98. The van der Waals surface area contributed by atoms with Gasteiger partial charge < -0.3 is 15.6 Å². The second-order valence-corrected chi connectivity index (χ2v) is 4.16. The van der Waals surface area contributed by atoms with Gasteiger partial charge in [-0.15, -0.1) is 0 Å². The zero-order valence-corrected chi connectivity index (χ0v) is 10.5. The lowest BCUT2D eigenvalue weighted by atomic mass is 10.2. The summed E-state index contributed by atoms with van der Waals surface area (Å²) < 4.78 is 6.19. The third kappa shape index (κ3) is 2.96. The number of hydrogen-bond acceptors (Lipinski definition) is 3. The van der Waals surface area contributed by atoms with Gasteiger partial charge in [0.2, 0.25) is 0 Å². The molecule has 1 amide bonds. The summed E-state index contributed by atoms with van der Waals surface area (Å²) >= 11 is 3.31. The molecule has 0 radical (unpaired) electrons. The molecule has 1 aromatic carbocycles. The SMILES string of the molecule is CCC(Oc1c(Br)cccc1CO)C(N)=O. The molecule has 4 nitrogen and oxygen atoms in total. The average Bonchev–Trinajstić information content (AvgIpc) is 2.26. The summed E-state index contributed by atoms with van der Waals surface area (Å²) in [5.74, 6) is -0.0437. The van der Waals surface area contributed by atoms with Gasteiger partial charge in [0.15, 0.2) is 6.10 Å². The summed E-state index contributed by atoms with van der Waals surface area (Å²) in [4.78, 5) is 11.1. The van der Waals surface area contributed by atoms with Crippen LogP contribution in [0.4, 0.5) is 0 Å². The van der Waals surface area contributed by atoms with E-state index in [9.17, 15) is 4.79 Å². The standard InChI is InChI=1S/C11H14BrNO3/c1-2-9(11(13)15)16-10-7(6-14)4-3-5-8(10)12/h3-5,9,14H,2,6H2,1H3,(H2,13,15). The van der Waals surface area contributed by atoms with Crippen molar-refractivity contribution in [2.45, 2.75) is 26.1 Å². The number of carbonyl (C=O) groups is 1. The molecule has 1 aromatic rings. The lowest BCUT2D eigenvalue weighted by molar-refractivity contribution is -0.124. The number of nitrogens with two attached hydrogens (primary N) is 1. The van der Waals surface area contributed by atoms with Crippen LogP contribution in [0.3, 0.4) is 0 Å². The zero-order valence-electron chi connectivity index (χ0n) is 8.94. The fraction of sp³-hybridized carbons (Fsp3) is 0.364. The van der Waals surface area contributed by atoms with Gasteiger partial charge in [-0.05, 0) is 28.4 Å². The van der Waals surface area contributed by atoms with Crippen LogP contribution in [0.1, 0.15) is 18.9 Å². The molecule has 5 heteroatoms. The Morgan fingerprint density at radius 2 is 2.31 bits per heavy atom. The normalized spacial score (nSPS) is 12.2. The van der Waals surface area contributed by atoms with Crippen LogP contribution in [0.25, 0.3) is 0 Å². The fourth-order valence-electron chi connectivity index (χ4n) is 1.29. The van der Waals surface area contributed by atoms with Gasteiger partial charge in [-0.3, -0.25) is 4.79 Å². The summed E-state index contributed by atoms with van der Waals surface area (Å²) in [6, 6.07) is 5.30. The molecular formula is C11H14BrNO3. The predicted octanol–water partition coefficient (Wildman–Crippen LogP) is 1.58. The summed E-state index contributed by atoms with van der Waals surface area (Å²) in [6.45, 7) is 1.66. The molecule has 16 heavy (non-hydrogen) atoms. The highest BCUT2D eigenvalue weighted by Crippen LogP contribution is 2.30. The van der Waals surface area contributed by atoms with Crippen LogP contribution in [0.15, 0.2) is 22.7 Å². The first kappa shape index (κ1) is 13.0. The zero-order chi connectivity index (χ0) is 12.1. The van der Waals surface area contributed by atoms with Gasteiger partial charge in [0.25, 0.3) is 5.91 Å². The van der Waals surface area contributed by atoms with E-state index in [4.69, 9.17) is 15.6 Å². The summed E-state index contributed by atoms with van der Waals surface area (Å²) in [5, 5.41) is 9.15. The van der Waals surface area contributed by atoms with Crippen LogP contribution in [0, 0.1) is 0 Å². The Kier molecular flexibility index (Phi) is 4.76. The van der Waals surface area contributed by atoms with E-state index in [1.54, 1.807) is 18.2 Å². The monoisotopic (exact) mass is 287 g/mol. The summed E-state index contributed by atoms with van der Waals surface area (Å²) in [7, 11) is 0. The van der Waals surface area contributed by atoms with Crippen molar-refractivity contribution in [3.8, 4) is 5.75 Å². The average molecular weight is 288 g/mol. The van der Waals surface area contributed by atoms with Gasteiger partial charge in [-0.25, -0.2) is 0 Å². The number of ether oxygens (including phenoxy) is 1. The van der Waals surface area contributed by atoms with Crippen molar-refractivity contribution in [3.63, 3.8) is 0 Å². The number of aliphatic hydroxyl groups excluding tert-OH is 1. The number of hydrogen-bond donors (Lipinski definition) is 2. The Labute approximate surface area is 103 Å². The highest BCUT2D eigenvalue weighted by Gasteiger charge is 2.18. The molecule has 0 heterocycles. The van der Waals surface area contributed by atoms with Crippen molar-refractivity contribution < 1.29 is 14.6 Å². The molecule has 0 saturated heterocycles. The molecule has 1 unspecified atom stereocenters. The maximum atomic E-state index is 11.1. The molecule has 0 spiro atoms. The van der Waals surface area contributed by atoms with Gasteiger partial charge >= 0.3 is 0 Å². The number of benzene rings is 1. The van der Waals surface area contributed by atoms with E-state index in [-0.39, 0.29) is 6.61 Å². The van der Waals surface area contributed by atoms with Crippen molar-refractivity contribution in [2.24, 2.45) is 5.73 Å². The van der Waals surface area contributed by atoms with Gasteiger partial charge in [-0.2, -0.15) is 0 Å². The maximum absolute atomic E-state index is 11.1. The van der Waals surface area contributed by atoms with Gasteiger partial charge in [0.1, 0.15) is 5.75 Å². The van der Waals surface area contributed by atoms with Gasteiger partial charge in [-0.1, -0.05) is 19.1 Å². The predicted molar refractivity (Wildman–Crippen MR) is 64.0 cm³/mol. The van der Waals surface area contributed by atoms with Crippen LogP contribution in [-0.4, -0.2) is 17.1 Å². The van der Waals surface area contributed by atoms with Crippen molar-refractivity contribution in [2.75, 3.05) is 0 Å². The fourth-order valence-corrected chi connectivity index (χ4v) is 1.80. The Bertz CT molecular complexity index is 381. The second-order valence-electron chi connectivity index (χ2n) is 3.30. The molecule has 0 fully saturated rings. The minimum absolute atomic E-state index is 0.149. The smallest absolute Gasteiger partial charge is 0.258 e. The van der Waals surface area contributed by atoms with E-state index in [1.165, 1.54) is 0 Å². The molecule has 1 atom stereocenters. The van der Waals surface area contributed by atoms with Crippen molar-refractivity contribution in [1.29, 1.82) is 0 Å². The number of primary amides is 1. The third-order valence-corrected chi connectivity index (χ3v) is 2.79. The van der Waals surface area contributed by atoms with Crippen molar-refractivity contribution >= 4 is 21.8 Å². The molecule has 0 bridgehead atoms. The minimum atomic E-state index is -0.677. The van der Waals surface area contributed by atoms with Crippen molar-refractivity contribution in [1.82, 2.24) is 0 Å². The van der Waals surface area contributed by atoms with E-state index >= 15 is 0 Å². The molecule has 0 aliphatic heterocycles. The Morgan fingerprint density at radius 3 is 2.81 bits per heavy atom. The molecule has 3 N–H and O–H groups in total. The largest absolute Gasteiger partial charge is 0.479 e. The van der Waals surface area contributed by atoms with Crippen LogP contribution in [0.5, 0.6) is 5.75 Å². The first-order valence-electron chi connectivity index (χ1n) is 4.94. The molecule has 0 saturated carbocycles. The third-order valence-electron chi connectivity index (χ3n) is 2.17. The first-order chi connectivity index (χ1) is 7.60. The lowest BCUT2D eigenvalue weighted by Crippen LogP contribution is -2.33. The Morgan fingerprint density at radius 1 is 1.62 bits per heavy atom. The molecule has 88 valence electrons. The quantitative estimate of drug-likeness (QED) is 0.864. The van der Waals surface area contributed by atoms with Crippen LogP contribution in [0.2, 0.25) is 0 Å². The summed E-state index contributed by atoms with van der Waals surface area (Å²) in [6.07, 6.45) is -0.189. The summed E-state index contributed by atoms with van der Waals surface area (Å²) in [5.41, 5.74) is 5.81. The molecule has 0 aromatic heterocycles. The number of carbonyl (C=O) groups excluding carboxylic acids is 1. The van der Waals surface area contributed by atoms with E-state index in [0.717, 1.165) is 0 Å². The van der Waals surface area contributed by atoms with Crippen LogP contribution < -0.4 is 10.5 Å². The maximum Gasteiger partial charge on any atom is 0.258 e. The molecule has 0 aliphatic carbocycles. The highest BCUT2D eigenvalue weighted by atomic mass is 79.9.